The molecule has 4 aromatic carbocycles. The van der Waals surface area contributed by atoms with Crippen molar-refractivity contribution in [3.63, 3.8) is 0 Å². The summed E-state index contributed by atoms with van der Waals surface area (Å²) >= 11 is 2.07. The third-order valence-electron chi connectivity index (χ3n) is 17.7. The third kappa shape index (κ3) is 58.5. The third-order valence-corrected chi connectivity index (χ3v) is 18.6. The van der Waals surface area contributed by atoms with Gasteiger partial charge in [-0.2, -0.15) is 11.8 Å². The first-order valence-corrected chi connectivity index (χ1v) is 42.3. The second kappa shape index (κ2) is 56.8. The molecule has 2 aromatic heterocycles. The number of aromatic nitrogens is 2. The standard InChI is InChI=1S/C13H19N.C13H18O.C11H17N.C11H16O.C10H15NO.C10H21N.C10H12O.C7H15NO.C7H15NS.C5H10O/c1-13(2,3)14-9-8-11-6-4-5-7-12(11)10-14;1-13(2,3)12(14)10-9-11-7-5-4-6-8-11;1-11(2,3)8-7-10-6-4-5-9-12-10;1-9(2)8-12-11-6-4-10(3)5-7-11;1-10(2,3)12-8-9-6-4-5-7-11-9;1-10(2,3)9-11-7-5-4-6-8-11;1-8(2)10(11)9-6-4-3-5-7-9;1-6(2)4-5-8-7(3)9;1-7(2)8-3-5-9-6-4-8;1-4(2)5(3)6/h4-7H,8-10H2,1-3H3;4-8H,9-10H2,1-3H3;4-6,9H,7-8H2,1-3H3;4-7,9H,8H2,1-3H3;4-7H,8H2,1-3H3;4-9H2,1-3H3;3-8H,1-2H3;6H,4-5H2,1-3H3,(H,8,9);7H,3-6H2,1-2H3;4H,1-3H3. The van der Waals surface area contributed by atoms with E-state index in [2.05, 4.69) is 207 Å². The number of carbonyl (C=O) groups excluding carboxylic acids is 4. The second-order valence-corrected chi connectivity index (χ2v) is 37.6. The number of hydrogen-bond acceptors (Lipinski definition) is 12. The minimum Gasteiger partial charge on any atom is -0.493 e. The predicted octanol–water partition coefficient (Wildman–Crippen LogP) is 23.5. The summed E-state index contributed by atoms with van der Waals surface area (Å²) in [6, 6.07) is 49.2. The van der Waals surface area contributed by atoms with E-state index in [1.54, 1.807) is 20.0 Å². The van der Waals surface area contributed by atoms with Gasteiger partial charge >= 0.3 is 0 Å². The van der Waals surface area contributed by atoms with Crippen molar-refractivity contribution in [2.24, 2.45) is 39.9 Å². The fourth-order valence-electron chi connectivity index (χ4n) is 10.4. The molecule has 0 radical (unpaired) electrons. The van der Waals surface area contributed by atoms with Crippen molar-refractivity contribution < 1.29 is 28.7 Å². The molecule has 12 nitrogen and oxygen atoms in total. The summed E-state index contributed by atoms with van der Waals surface area (Å²) in [6.45, 7) is 69.6. The summed E-state index contributed by atoms with van der Waals surface area (Å²) < 4.78 is 11.1. The molecule has 618 valence electrons. The maximum Gasteiger partial charge on any atom is 0.216 e. The topological polar surface area (TPSA) is 134 Å². The molecule has 0 bridgehead atoms. The van der Waals surface area contributed by atoms with E-state index in [1.807, 2.05) is 166 Å². The lowest BCUT2D eigenvalue weighted by Gasteiger charge is -2.39. The van der Waals surface area contributed by atoms with Gasteiger partial charge in [0.15, 0.2) is 5.78 Å². The number of aryl methyl sites for hydroxylation is 3. The van der Waals surface area contributed by atoms with Gasteiger partial charge in [0.1, 0.15) is 17.3 Å². The zero-order chi connectivity index (χ0) is 83.5. The van der Waals surface area contributed by atoms with Gasteiger partial charge < -0.3 is 19.7 Å². The molecule has 1 N–H and O–H groups in total. The first-order chi connectivity index (χ1) is 51.3. The molecule has 5 heterocycles. The van der Waals surface area contributed by atoms with Crippen LogP contribution in [0.15, 0.2) is 158 Å². The van der Waals surface area contributed by atoms with Gasteiger partial charge in [-0.25, -0.2) is 0 Å². The quantitative estimate of drug-likeness (QED) is 0.0821. The molecule has 13 heteroatoms. The van der Waals surface area contributed by atoms with Gasteiger partial charge in [0, 0.05) is 117 Å². The molecule has 110 heavy (non-hydrogen) atoms. The Labute approximate surface area is 678 Å². The number of ketones is 3. The molecule has 2 fully saturated rings. The average molecular weight is 1540 g/mol. The van der Waals surface area contributed by atoms with Gasteiger partial charge in [-0.3, -0.25) is 38.9 Å². The van der Waals surface area contributed by atoms with Gasteiger partial charge in [-0.1, -0.05) is 239 Å². The number of rotatable bonds is 18. The van der Waals surface area contributed by atoms with Crippen molar-refractivity contribution in [2.75, 3.05) is 63.9 Å². The summed E-state index contributed by atoms with van der Waals surface area (Å²) in [5, 5.41) is 2.74. The molecule has 3 aliphatic rings. The van der Waals surface area contributed by atoms with Crippen LogP contribution < -0.4 is 10.1 Å². The lowest BCUT2D eigenvalue weighted by Crippen LogP contribution is -2.44. The zero-order valence-electron chi connectivity index (χ0n) is 74.8. The molecule has 0 saturated carbocycles. The number of nitrogens with zero attached hydrogens (tertiary/aromatic N) is 5. The van der Waals surface area contributed by atoms with Crippen LogP contribution in [0, 0.1) is 46.8 Å². The number of piperidine rings is 1. The molecule has 0 spiro atoms. The normalized spacial score (nSPS) is 13.8. The van der Waals surface area contributed by atoms with E-state index in [9.17, 15) is 19.2 Å². The van der Waals surface area contributed by atoms with Gasteiger partial charge in [0.2, 0.25) is 5.91 Å². The highest BCUT2D eigenvalue weighted by Crippen LogP contribution is 2.26. The molecule has 3 aliphatic heterocycles. The molecular formula is C97H158N6O6S. The van der Waals surface area contributed by atoms with Crippen LogP contribution in [-0.2, 0) is 51.5 Å². The Balaban J connectivity index is 0.00000121. The number of likely N-dealkylation sites (tertiary alicyclic amines) is 1. The molecule has 6 aromatic rings. The molecule has 0 unspecified atom stereocenters. The summed E-state index contributed by atoms with van der Waals surface area (Å²) in [5.41, 5.74) is 9.45. The number of pyridine rings is 2. The summed E-state index contributed by atoms with van der Waals surface area (Å²) in [5.74, 6) is 6.08. The molecule has 9 rings (SSSR count). The summed E-state index contributed by atoms with van der Waals surface area (Å²) in [7, 11) is 0. The Morgan fingerprint density at radius 1 is 0.545 bits per heavy atom. The van der Waals surface area contributed by atoms with Gasteiger partial charge in [-0.05, 0) is 203 Å². The smallest absolute Gasteiger partial charge is 0.216 e. The van der Waals surface area contributed by atoms with Crippen molar-refractivity contribution in [1.29, 1.82) is 0 Å². The second-order valence-electron chi connectivity index (χ2n) is 36.3. The first kappa shape index (κ1) is 104. The van der Waals surface area contributed by atoms with E-state index in [4.69, 9.17) is 9.47 Å². The number of carbonyl (C=O) groups is 4. The number of benzene rings is 4. The number of ether oxygens (including phenoxy) is 2. The largest absolute Gasteiger partial charge is 0.493 e. The van der Waals surface area contributed by atoms with E-state index in [1.165, 1.54) is 111 Å². The van der Waals surface area contributed by atoms with E-state index < -0.39 is 0 Å². The van der Waals surface area contributed by atoms with Gasteiger partial charge in [0.05, 0.1) is 24.5 Å². The van der Waals surface area contributed by atoms with Crippen molar-refractivity contribution >= 4 is 35.0 Å². The monoisotopic (exact) mass is 1540 g/mol. The van der Waals surface area contributed by atoms with Crippen LogP contribution in [0.4, 0.5) is 0 Å². The Morgan fingerprint density at radius 3 is 1.48 bits per heavy atom. The van der Waals surface area contributed by atoms with Crippen LogP contribution in [0.1, 0.15) is 269 Å². The maximum absolute atomic E-state index is 11.6. The highest BCUT2D eigenvalue weighted by molar-refractivity contribution is 7.99. The summed E-state index contributed by atoms with van der Waals surface area (Å²) in [6.07, 6.45) is 14.0. The van der Waals surface area contributed by atoms with E-state index in [0.717, 1.165) is 62.0 Å². The highest BCUT2D eigenvalue weighted by atomic mass is 32.2. The fourth-order valence-corrected chi connectivity index (χ4v) is 11.4. The molecule has 2 saturated heterocycles. The number of nitrogens with one attached hydrogen (secondary N) is 1. The zero-order valence-corrected chi connectivity index (χ0v) is 75.7. The van der Waals surface area contributed by atoms with Crippen molar-refractivity contribution in [1.82, 2.24) is 30.0 Å². The Morgan fingerprint density at radius 2 is 1.05 bits per heavy atom. The summed E-state index contributed by atoms with van der Waals surface area (Å²) in [4.78, 5) is 59.6. The average Bonchev–Trinajstić information content (AvgIpc) is 0.819. The van der Waals surface area contributed by atoms with Crippen molar-refractivity contribution in [3.8, 4) is 5.75 Å². The van der Waals surface area contributed by atoms with Crippen molar-refractivity contribution in [3.05, 3.63) is 197 Å². The predicted molar refractivity (Wildman–Crippen MR) is 475 cm³/mol. The van der Waals surface area contributed by atoms with Crippen LogP contribution in [0.5, 0.6) is 5.75 Å². The SMILES string of the molecule is CC(=O)C(C)C.CC(=O)NCCC(C)C.CC(C)(C)C(=O)CCc1ccccc1.CC(C)(C)CCc1ccccn1.CC(C)(C)CN1CCCCC1.CC(C)(C)N1CCc2ccccc2C1.CC(C)(C)OCc1ccccn1.CC(C)C(=O)c1ccccc1.CC(C)N1CCSCC1.Cc1ccc(OCC(C)C)cc1. The van der Waals surface area contributed by atoms with Crippen LogP contribution in [0.2, 0.25) is 0 Å². The molecule has 0 aliphatic carbocycles. The lowest BCUT2D eigenvalue weighted by atomic mass is 9.87. The van der Waals surface area contributed by atoms with E-state index >= 15 is 0 Å². The lowest BCUT2D eigenvalue weighted by molar-refractivity contribution is -0.126. The number of hydrogen-bond donors (Lipinski definition) is 1. The number of Topliss-reactive ketones (excluding diaryl/α,β-unsaturated/α-hetero) is 3. The number of fused-ring (bicyclic) bond motifs is 1. The number of amides is 1. The minimum atomic E-state index is -0.200. The van der Waals surface area contributed by atoms with Crippen LogP contribution >= 0.6 is 11.8 Å². The van der Waals surface area contributed by atoms with E-state index in [0.29, 0.717) is 47.0 Å². The van der Waals surface area contributed by atoms with Gasteiger partial charge in [-0.15, -0.1) is 0 Å². The minimum absolute atomic E-state index is 0.0654. The number of thioether (sulfide) groups is 1. The fraction of sp³-hybridized carbons (Fsp3) is 0.608. The molecular weight excluding hydrogens is 1380 g/mol. The Hall–Kier alpha value is -6.35. The van der Waals surface area contributed by atoms with Gasteiger partial charge in [0.25, 0.3) is 0 Å². The highest BCUT2D eigenvalue weighted by Gasteiger charge is 2.26. The van der Waals surface area contributed by atoms with Crippen LogP contribution in [0.3, 0.4) is 0 Å². The van der Waals surface area contributed by atoms with Crippen molar-refractivity contribution in [2.45, 2.75) is 282 Å². The molecule has 0 atom stereocenters. The maximum atomic E-state index is 11.6. The van der Waals surface area contributed by atoms with E-state index in [-0.39, 0.29) is 40.3 Å². The Bertz CT molecular complexity index is 3220. The Kier molecular flexibility index (Phi) is 53.5. The first-order valence-electron chi connectivity index (χ1n) is 41.2. The van der Waals surface area contributed by atoms with Crippen LogP contribution in [0.25, 0.3) is 0 Å². The van der Waals surface area contributed by atoms with Crippen LogP contribution in [-0.4, -0.2) is 129 Å². The molecule has 1 amide bonds.